The molecule has 0 saturated carbocycles. The van der Waals surface area contributed by atoms with E-state index >= 15 is 0 Å². The minimum absolute atomic E-state index is 0.0163. The number of fused-ring (bicyclic) bond motifs is 2. The number of esters is 1. The molecule has 1 aliphatic heterocycles. The first-order chi connectivity index (χ1) is 19.0. The van der Waals surface area contributed by atoms with E-state index in [4.69, 9.17) is 9.47 Å². The molecule has 2 aromatic carbocycles. The van der Waals surface area contributed by atoms with Gasteiger partial charge in [-0.1, -0.05) is 29.5 Å². The molecule has 0 aliphatic carbocycles. The molecule has 40 heavy (non-hydrogen) atoms. The molecule has 5 rings (SSSR count). The van der Waals surface area contributed by atoms with E-state index in [0.717, 1.165) is 38.9 Å². The van der Waals surface area contributed by atoms with Crippen molar-refractivity contribution in [3.05, 3.63) is 76.0 Å². The number of aromatic hydroxyl groups is 1. The van der Waals surface area contributed by atoms with E-state index in [0.29, 0.717) is 37.7 Å². The Labute approximate surface area is 234 Å². The number of hydrogen-bond donors (Lipinski definition) is 1. The fourth-order valence-corrected chi connectivity index (χ4v) is 5.67. The van der Waals surface area contributed by atoms with Crippen LogP contribution in [0.15, 0.2) is 42.5 Å². The molecule has 0 radical (unpaired) electrons. The molecule has 0 amide bonds. The topological polar surface area (TPSA) is 103 Å². The van der Waals surface area contributed by atoms with Gasteiger partial charge in [-0.25, -0.2) is 9.67 Å². The van der Waals surface area contributed by atoms with Crippen molar-refractivity contribution < 1.29 is 19.4 Å². The maximum Gasteiger partial charge on any atom is 0.306 e. The highest BCUT2D eigenvalue weighted by Gasteiger charge is 2.31. The fraction of sp³-hybridized carbons (Fsp3) is 0.419. The van der Waals surface area contributed by atoms with Crippen LogP contribution in [0.4, 0.5) is 0 Å². The van der Waals surface area contributed by atoms with E-state index in [1.165, 1.54) is 0 Å². The fourth-order valence-electron chi connectivity index (χ4n) is 5.67. The van der Waals surface area contributed by atoms with Crippen LogP contribution in [0.2, 0.25) is 0 Å². The molecule has 1 N–H and O–H groups in total. The first-order valence-electron chi connectivity index (χ1n) is 13.7. The molecule has 210 valence electrons. The first kappa shape index (κ1) is 27.6. The van der Waals surface area contributed by atoms with Gasteiger partial charge in [0, 0.05) is 38.7 Å². The molecular weight excluding hydrogens is 506 g/mol. The normalized spacial score (nSPS) is 15.8. The third kappa shape index (κ3) is 5.65. The van der Waals surface area contributed by atoms with Crippen molar-refractivity contribution >= 4 is 17.0 Å². The van der Waals surface area contributed by atoms with Crippen LogP contribution >= 0.6 is 0 Å². The molecule has 0 bridgehead atoms. The summed E-state index contributed by atoms with van der Waals surface area (Å²) < 4.78 is 13.4. The number of hydrogen-bond acceptors (Lipinski definition) is 8. The number of carbonyl (C=O) groups excluding carboxylic acids is 1. The average Bonchev–Trinajstić information content (AvgIpc) is 3.21. The minimum atomic E-state index is -0.439. The second-order valence-corrected chi connectivity index (χ2v) is 11.2. The molecule has 0 fully saturated rings. The molecule has 1 aliphatic rings. The number of nitrogens with zero attached hydrogens (tertiary/aromatic N) is 5. The minimum Gasteiger partial charge on any atom is -0.493 e. The van der Waals surface area contributed by atoms with Gasteiger partial charge >= 0.3 is 5.97 Å². The van der Waals surface area contributed by atoms with E-state index in [1.54, 1.807) is 16.8 Å². The van der Waals surface area contributed by atoms with Crippen LogP contribution in [0.25, 0.3) is 11.0 Å². The largest absolute Gasteiger partial charge is 0.493 e. The highest BCUT2D eigenvalue weighted by atomic mass is 16.5. The molecular formula is C31H37N5O4. The second-order valence-electron chi connectivity index (χ2n) is 11.2. The summed E-state index contributed by atoms with van der Waals surface area (Å²) in [4.78, 5) is 19.4. The van der Waals surface area contributed by atoms with Crippen molar-refractivity contribution in [2.45, 2.75) is 65.6 Å². The number of carbonyl (C=O) groups is 1. The Hall–Kier alpha value is -3.98. The van der Waals surface area contributed by atoms with Gasteiger partial charge in [0.15, 0.2) is 0 Å². The predicted octanol–water partition coefficient (Wildman–Crippen LogP) is 4.94. The summed E-state index contributed by atoms with van der Waals surface area (Å²) in [6.07, 6.45) is 0.226. The van der Waals surface area contributed by atoms with E-state index in [-0.39, 0.29) is 24.2 Å². The average molecular weight is 544 g/mol. The number of benzene rings is 2. The Morgan fingerprint density at radius 2 is 1.98 bits per heavy atom. The van der Waals surface area contributed by atoms with Gasteiger partial charge in [0.2, 0.25) is 5.88 Å². The summed E-state index contributed by atoms with van der Waals surface area (Å²) in [5, 5.41) is 18.6. The smallest absolute Gasteiger partial charge is 0.306 e. The Bertz CT molecular complexity index is 1560. The number of ether oxygens (including phenoxy) is 2. The van der Waals surface area contributed by atoms with Gasteiger partial charge in [0.25, 0.3) is 0 Å². The van der Waals surface area contributed by atoms with Gasteiger partial charge < -0.3 is 14.6 Å². The monoisotopic (exact) mass is 543 g/mol. The molecule has 1 unspecified atom stereocenters. The Kier molecular flexibility index (Phi) is 7.51. The van der Waals surface area contributed by atoms with Crippen LogP contribution in [0, 0.1) is 13.8 Å². The molecule has 9 nitrogen and oxygen atoms in total. The number of aromatic nitrogens is 4. The van der Waals surface area contributed by atoms with Crippen LogP contribution in [-0.2, 0) is 29.7 Å². The van der Waals surface area contributed by atoms with Crippen LogP contribution in [0.3, 0.4) is 0 Å². The standard InChI is InChI=1S/C31H37N5O4/c1-7-39-29(38)15-24(23-10-11-26-30(20(23)3)33-34-35(26)6)21-9-8-19(2)22(14-21)16-36-17-25-27(12-13-28(37)32-25)40-31(4,5)18-36/h8-14,24H,7,15-18H2,1-6H3,(H,32,37). The van der Waals surface area contributed by atoms with Gasteiger partial charge in [-0.15, -0.1) is 5.10 Å². The molecule has 3 heterocycles. The second kappa shape index (κ2) is 10.9. The quantitative estimate of drug-likeness (QED) is 0.327. The number of aryl methyl sites for hydroxylation is 3. The summed E-state index contributed by atoms with van der Waals surface area (Å²) in [5.41, 5.74) is 7.47. The van der Waals surface area contributed by atoms with Crippen molar-refractivity contribution in [1.29, 1.82) is 0 Å². The number of rotatable bonds is 7. The van der Waals surface area contributed by atoms with Gasteiger partial charge in [-0.2, -0.15) is 0 Å². The van der Waals surface area contributed by atoms with Crippen molar-refractivity contribution in [3.8, 4) is 11.6 Å². The van der Waals surface area contributed by atoms with Crippen LogP contribution in [0.1, 0.15) is 66.6 Å². The highest BCUT2D eigenvalue weighted by molar-refractivity contribution is 5.80. The third-order valence-corrected chi connectivity index (χ3v) is 7.58. The lowest BCUT2D eigenvalue weighted by molar-refractivity contribution is -0.143. The van der Waals surface area contributed by atoms with Crippen molar-refractivity contribution in [3.63, 3.8) is 0 Å². The van der Waals surface area contributed by atoms with Gasteiger partial charge in [-0.3, -0.25) is 9.69 Å². The molecule has 0 spiro atoms. The summed E-state index contributed by atoms with van der Waals surface area (Å²) in [6.45, 7) is 12.3. The molecule has 9 heteroatoms. The van der Waals surface area contributed by atoms with Crippen molar-refractivity contribution in [2.75, 3.05) is 13.2 Å². The highest BCUT2D eigenvalue weighted by Crippen LogP contribution is 2.35. The molecule has 2 aromatic heterocycles. The lowest BCUT2D eigenvalue weighted by Gasteiger charge is -2.30. The van der Waals surface area contributed by atoms with Crippen molar-refractivity contribution in [2.24, 2.45) is 7.05 Å². The van der Waals surface area contributed by atoms with Gasteiger partial charge in [0.1, 0.15) is 22.6 Å². The van der Waals surface area contributed by atoms with E-state index in [9.17, 15) is 9.90 Å². The van der Waals surface area contributed by atoms with E-state index in [1.807, 2.05) is 27.0 Å². The lowest BCUT2D eigenvalue weighted by Crippen LogP contribution is -2.40. The zero-order valence-corrected chi connectivity index (χ0v) is 24.1. The van der Waals surface area contributed by atoms with Gasteiger partial charge in [0.05, 0.1) is 18.5 Å². The zero-order chi connectivity index (χ0) is 28.6. The van der Waals surface area contributed by atoms with Crippen LogP contribution in [-0.4, -0.2) is 54.7 Å². The summed E-state index contributed by atoms with van der Waals surface area (Å²) in [5.74, 6) is 0.243. The lowest BCUT2D eigenvalue weighted by atomic mass is 9.84. The van der Waals surface area contributed by atoms with E-state index < -0.39 is 5.60 Å². The third-order valence-electron chi connectivity index (χ3n) is 7.58. The molecule has 0 saturated heterocycles. The maximum absolute atomic E-state index is 12.8. The summed E-state index contributed by atoms with van der Waals surface area (Å²) in [6, 6.07) is 13.9. The number of pyridine rings is 1. The van der Waals surface area contributed by atoms with Crippen LogP contribution < -0.4 is 4.74 Å². The predicted molar refractivity (Wildman–Crippen MR) is 152 cm³/mol. The van der Waals surface area contributed by atoms with Crippen LogP contribution in [0.5, 0.6) is 11.6 Å². The Morgan fingerprint density at radius 3 is 2.75 bits per heavy atom. The van der Waals surface area contributed by atoms with E-state index in [2.05, 4.69) is 65.2 Å². The Morgan fingerprint density at radius 1 is 1.18 bits per heavy atom. The van der Waals surface area contributed by atoms with Crippen molar-refractivity contribution in [1.82, 2.24) is 24.9 Å². The summed E-state index contributed by atoms with van der Waals surface area (Å²) in [7, 11) is 1.88. The zero-order valence-electron chi connectivity index (χ0n) is 24.1. The maximum atomic E-state index is 12.8. The summed E-state index contributed by atoms with van der Waals surface area (Å²) >= 11 is 0. The SMILES string of the molecule is CCOC(=O)CC(c1ccc(C)c(CN2Cc3nc(O)ccc3OC(C)(C)C2)c1)c1ccc2c(nnn2C)c1C. The first-order valence-corrected chi connectivity index (χ1v) is 13.7. The molecule has 1 atom stereocenters. The molecule has 4 aromatic rings. The van der Waals surface area contributed by atoms with Gasteiger partial charge in [-0.05, 0) is 74.6 Å². The Balaban J connectivity index is 1.52.